The number of nitro benzene ring substituents is 1. The number of sulfonamides is 1. The number of halogens is 1. The first kappa shape index (κ1) is 21.5. The van der Waals surface area contributed by atoms with Gasteiger partial charge in [-0.15, -0.1) is 0 Å². The maximum atomic E-state index is 13.1. The molecule has 8 nitrogen and oxygen atoms in total. The van der Waals surface area contributed by atoms with Crippen molar-refractivity contribution in [3.8, 4) is 0 Å². The molecule has 150 valence electrons. The van der Waals surface area contributed by atoms with Gasteiger partial charge in [0, 0.05) is 25.2 Å². The zero-order valence-corrected chi connectivity index (χ0v) is 15.9. The third kappa shape index (κ3) is 5.57. The average Bonchev–Trinajstić information content (AvgIpc) is 2.66. The highest BCUT2D eigenvalue weighted by atomic mass is 32.2. The van der Waals surface area contributed by atoms with Crippen LogP contribution >= 0.6 is 0 Å². The van der Waals surface area contributed by atoms with Gasteiger partial charge in [-0.1, -0.05) is 18.2 Å². The van der Waals surface area contributed by atoms with Crippen molar-refractivity contribution in [2.75, 3.05) is 13.2 Å². The highest BCUT2D eigenvalue weighted by Crippen LogP contribution is 2.23. The van der Waals surface area contributed by atoms with Crippen LogP contribution < -0.4 is 0 Å². The molecule has 0 aliphatic carbocycles. The van der Waals surface area contributed by atoms with Crippen molar-refractivity contribution >= 4 is 21.7 Å². The van der Waals surface area contributed by atoms with E-state index in [1.54, 1.807) is 6.92 Å². The van der Waals surface area contributed by atoms with Gasteiger partial charge in [-0.2, -0.15) is 4.31 Å². The minimum Gasteiger partial charge on any atom is -0.466 e. The summed E-state index contributed by atoms with van der Waals surface area (Å²) >= 11 is 0. The van der Waals surface area contributed by atoms with Gasteiger partial charge in [0.15, 0.2) is 0 Å². The van der Waals surface area contributed by atoms with E-state index in [-0.39, 0.29) is 36.7 Å². The smallest absolute Gasteiger partial charge is 0.307 e. The van der Waals surface area contributed by atoms with Crippen LogP contribution in [0.2, 0.25) is 0 Å². The zero-order valence-electron chi connectivity index (χ0n) is 15.1. The molecule has 0 aliphatic heterocycles. The number of carbonyl (C=O) groups excluding carboxylic acids is 1. The van der Waals surface area contributed by atoms with Gasteiger partial charge in [0.25, 0.3) is 5.69 Å². The molecule has 0 fully saturated rings. The summed E-state index contributed by atoms with van der Waals surface area (Å²) in [6.07, 6.45) is -0.191. The molecule has 0 heterocycles. The van der Waals surface area contributed by atoms with Crippen molar-refractivity contribution < 1.29 is 27.3 Å². The fourth-order valence-electron chi connectivity index (χ4n) is 2.43. The molecule has 10 heteroatoms. The number of ether oxygens (including phenoxy) is 1. The second-order valence-electron chi connectivity index (χ2n) is 5.77. The Morgan fingerprint density at radius 3 is 2.50 bits per heavy atom. The SMILES string of the molecule is CCOC(=O)CCN(Cc1ccc(F)cc1)S(=O)(=O)c1cccc([N+](=O)[O-])c1. The average molecular weight is 410 g/mol. The number of benzene rings is 2. The van der Waals surface area contributed by atoms with E-state index < -0.39 is 26.7 Å². The van der Waals surface area contributed by atoms with E-state index in [1.165, 1.54) is 42.5 Å². The third-order valence-electron chi connectivity index (χ3n) is 3.81. The van der Waals surface area contributed by atoms with Gasteiger partial charge < -0.3 is 4.74 Å². The number of hydrogen-bond donors (Lipinski definition) is 0. The monoisotopic (exact) mass is 410 g/mol. The summed E-state index contributed by atoms with van der Waals surface area (Å²) in [5.74, 6) is -1.04. The standard InChI is InChI=1S/C18H19FN2O6S/c1-2-27-18(22)10-11-20(13-14-6-8-15(19)9-7-14)28(25,26)17-5-3-4-16(12-17)21(23)24/h3-9,12H,2,10-11,13H2,1H3. The van der Waals surface area contributed by atoms with Crippen LogP contribution in [0, 0.1) is 15.9 Å². The van der Waals surface area contributed by atoms with E-state index in [9.17, 15) is 27.7 Å². The van der Waals surface area contributed by atoms with Gasteiger partial charge in [-0.05, 0) is 30.7 Å². The van der Waals surface area contributed by atoms with Gasteiger partial charge in [0.05, 0.1) is 22.8 Å². The number of nitro groups is 1. The molecular weight excluding hydrogens is 391 g/mol. The van der Waals surface area contributed by atoms with Crippen molar-refractivity contribution in [2.45, 2.75) is 24.8 Å². The van der Waals surface area contributed by atoms with Crippen molar-refractivity contribution in [3.63, 3.8) is 0 Å². The topological polar surface area (TPSA) is 107 Å². The molecular formula is C18H19FN2O6S. The predicted molar refractivity (Wildman–Crippen MR) is 98.3 cm³/mol. The largest absolute Gasteiger partial charge is 0.466 e. The molecule has 28 heavy (non-hydrogen) atoms. The van der Waals surface area contributed by atoms with Gasteiger partial charge >= 0.3 is 5.97 Å². The molecule has 0 amide bonds. The van der Waals surface area contributed by atoms with Crippen LogP contribution in [-0.2, 0) is 26.1 Å². The maximum absolute atomic E-state index is 13.1. The summed E-state index contributed by atoms with van der Waals surface area (Å²) in [5, 5.41) is 11.0. The van der Waals surface area contributed by atoms with Gasteiger partial charge in [-0.3, -0.25) is 14.9 Å². The summed E-state index contributed by atoms with van der Waals surface area (Å²) in [6.45, 7) is 1.47. The third-order valence-corrected chi connectivity index (χ3v) is 5.65. The number of hydrogen-bond acceptors (Lipinski definition) is 6. The van der Waals surface area contributed by atoms with Crippen LogP contribution in [0.3, 0.4) is 0 Å². The van der Waals surface area contributed by atoms with Gasteiger partial charge in [0.1, 0.15) is 5.82 Å². The Morgan fingerprint density at radius 2 is 1.89 bits per heavy atom. The highest BCUT2D eigenvalue weighted by molar-refractivity contribution is 7.89. The summed E-state index contributed by atoms with van der Waals surface area (Å²) < 4.78 is 45.0. The summed E-state index contributed by atoms with van der Waals surface area (Å²) in [5.41, 5.74) is 0.132. The molecule has 0 atom stereocenters. The molecule has 2 rings (SSSR count). The van der Waals surface area contributed by atoms with E-state index >= 15 is 0 Å². The van der Waals surface area contributed by atoms with Gasteiger partial charge in [0.2, 0.25) is 10.0 Å². The lowest BCUT2D eigenvalue weighted by atomic mass is 10.2. The Labute approximate surface area is 161 Å². The Kier molecular flexibility index (Phi) is 7.18. The number of rotatable bonds is 9. The first-order valence-electron chi connectivity index (χ1n) is 8.38. The van der Waals surface area contributed by atoms with Crippen molar-refractivity contribution in [2.24, 2.45) is 0 Å². The molecule has 0 saturated heterocycles. The lowest BCUT2D eigenvalue weighted by Crippen LogP contribution is -2.33. The number of non-ortho nitro benzene ring substituents is 1. The van der Waals surface area contributed by atoms with Gasteiger partial charge in [-0.25, -0.2) is 12.8 Å². The van der Waals surface area contributed by atoms with E-state index in [1.807, 2.05) is 0 Å². The van der Waals surface area contributed by atoms with Crippen LogP contribution in [0.4, 0.5) is 10.1 Å². The van der Waals surface area contributed by atoms with Crippen LogP contribution in [-0.4, -0.2) is 36.8 Å². The quantitative estimate of drug-likeness (QED) is 0.357. The molecule has 0 bridgehead atoms. The molecule has 0 N–H and O–H groups in total. The number of carbonyl (C=O) groups is 1. The van der Waals surface area contributed by atoms with Crippen LogP contribution in [0.1, 0.15) is 18.9 Å². The lowest BCUT2D eigenvalue weighted by Gasteiger charge is -2.22. The van der Waals surface area contributed by atoms with Crippen LogP contribution in [0.15, 0.2) is 53.4 Å². The van der Waals surface area contributed by atoms with E-state index in [0.717, 1.165) is 10.4 Å². The Morgan fingerprint density at radius 1 is 1.21 bits per heavy atom. The Balaban J connectivity index is 2.34. The molecule has 0 spiro atoms. The number of nitrogens with zero attached hydrogens (tertiary/aromatic N) is 2. The fourth-order valence-corrected chi connectivity index (χ4v) is 3.90. The molecule has 2 aromatic rings. The van der Waals surface area contributed by atoms with E-state index in [0.29, 0.717) is 5.56 Å². The molecule has 0 saturated carbocycles. The second kappa shape index (κ2) is 9.38. The molecule has 0 aromatic heterocycles. The van der Waals surface area contributed by atoms with Crippen molar-refractivity contribution in [1.82, 2.24) is 4.31 Å². The summed E-state index contributed by atoms with van der Waals surface area (Å²) in [7, 11) is -4.15. The van der Waals surface area contributed by atoms with E-state index in [4.69, 9.17) is 4.74 Å². The van der Waals surface area contributed by atoms with Crippen LogP contribution in [0.25, 0.3) is 0 Å². The maximum Gasteiger partial charge on any atom is 0.307 e. The minimum absolute atomic E-state index is 0.134. The summed E-state index contributed by atoms with van der Waals surface area (Å²) in [4.78, 5) is 21.7. The van der Waals surface area contributed by atoms with Crippen LogP contribution in [0.5, 0.6) is 0 Å². The van der Waals surface area contributed by atoms with Crippen molar-refractivity contribution in [3.05, 3.63) is 70.0 Å². The Bertz CT molecular complexity index is 947. The minimum atomic E-state index is -4.15. The lowest BCUT2D eigenvalue weighted by molar-refractivity contribution is -0.385. The zero-order chi connectivity index (χ0) is 20.7. The first-order chi connectivity index (χ1) is 13.2. The fraction of sp³-hybridized carbons (Fsp3) is 0.278. The highest BCUT2D eigenvalue weighted by Gasteiger charge is 2.27. The number of esters is 1. The normalized spacial score (nSPS) is 11.4. The Hall–Kier alpha value is -2.85. The molecule has 0 unspecified atom stereocenters. The predicted octanol–water partition coefficient (Wildman–Crippen LogP) is 2.88. The summed E-state index contributed by atoms with van der Waals surface area (Å²) in [6, 6.07) is 9.89. The first-order valence-corrected chi connectivity index (χ1v) is 9.82. The van der Waals surface area contributed by atoms with E-state index in [2.05, 4.69) is 0 Å². The van der Waals surface area contributed by atoms with Crippen molar-refractivity contribution in [1.29, 1.82) is 0 Å². The second-order valence-corrected chi connectivity index (χ2v) is 7.71. The molecule has 2 aromatic carbocycles. The molecule has 0 radical (unpaired) electrons. The molecule has 0 aliphatic rings.